The summed E-state index contributed by atoms with van der Waals surface area (Å²) < 4.78 is 40.6. The van der Waals surface area contributed by atoms with Crippen molar-refractivity contribution in [1.29, 1.82) is 0 Å². The van der Waals surface area contributed by atoms with E-state index in [0.29, 0.717) is 60.4 Å². The number of hydrogen-bond acceptors (Lipinski definition) is 7. The quantitative estimate of drug-likeness (QED) is 0.141. The number of nitrogens with zero attached hydrogens (tertiary/aromatic N) is 5. The number of alkyl halides is 3. The Kier molecular flexibility index (Phi) is 7.17. The van der Waals surface area contributed by atoms with Gasteiger partial charge in [-0.25, -0.2) is 4.98 Å². The van der Waals surface area contributed by atoms with Gasteiger partial charge in [-0.05, 0) is 42.5 Å². The zero-order chi connectivity index (χ0) is 29.3. The number of H-pyrrole nitrogens is 1. The number of nitrogens with one attached hydrogen (secondary N) is 3. The highest BCUT2D eigenvalue weighted by atomic mass is 19.4. The Morgan fingerprint density at radius 1 is 1.02 bits per heavy atom. The van der Waals surface area contributed by atoms with Crippen LogP contribution in [0.15, 0.2) is 67.1 Å². The SMILES string of the molecule is NC(=O)c1ccc2c(c1)nc(NCCn1cc(CCNCc3cc4cc(C(F)(F)F)ccc4[nH]3)nn1)c1ccncc12. The van der Waals surface area contributed by atoms with Crippen molar-refractivity contribution in [2.45, 2.75) is 25.7 Å². The maximum Gasteiger partial charge on any atom is 0.416 e. The lowest BCUT2D eigenvalue weighted by atomic mass is 10.1. The van der Waals surface area contributed by atoms with Crippen LogP contribution in [0.1, 0.15) is 27.3 Å². The Balaban J connectivity index is 1.03. The van der Waals surface area contributed by atoms with Crippen LogP contribution in [-0.2, 0) is 25.7 Å². The van der Waals surface area contributed by atoms with Crippen LogP contribution < -0.4 is 16.4 Å². The van der Waals surface area contributed by atoms with E-state index in [2.05, 4.69) is 30.9 Å². The first kappa shape index (κ1) is 27.1. The van der Waals surface area contributed by atoms with Crippen molar-refractivity contribution in [2.75, 3.05) is 18.4 Å². The number of anilines is 1. The van der Waals surface area contributed by atoms with Gasteiger partial charge in [-0.1, -0.05) is 11.3 Å². The molecule has 0 saturated carbocycles. The third-order valence-electron chi connectivity index (χ3n) is 6.98. The second-order valence-corrected chi connectivity index (χ2v) is 9.90. The Hall–Kier alpha value is -5.04. The summed E-state index contributed by atoms with van der Waals surface area (Å²) in [5, 5.41) is 18.3. The Bertz CT molecular complexity index is 1910. The van der Waals surface area contributed by atoms with Gasteiger partial charge < -0.3 is 21.4 Å². The highest BCUT2D eigenvalue weighted by Crippen LogP contribution is 2.32. The van der Waals surface area contributed by atoms with Crippen molar-refractivity contribution in [2.24, 2.45) is 5.73 Å². The number of benzene rings is 2. The van der Waals surface area contributed by atoms with E-state index in [1.54, 1.807) is 35.3 Å². The molecule has 0 aliphatic heterocycles. The van der Waals surface area contributed by atoms with Gasteiger partial charge in [0.1, 0.15) is 5.82 Å². The van der Waals surface area contributed by atoms with Gasteiger partial charge in [-0.2, -0.15) is 13.2 Å². The fourth-order valence-corrected chi connectivity index (χ4v) is 4.89. The second-order valence-electron chi connectivity index (χ2n) is 9.90. The number of amides is 1. The molecule has 13 heteroatoms. The molecule has 5 N–H and O–H groups in total. The largest absolute Gasteiger partial charge is 0.416 e. The minimum atomic E-state index is -4.37. The van der Waals surface area contributed by atoms with Gasteiger partial charge >= 0.3 is 6.18 Å². The van der Waals surface area contributed by atoms with Crippen molar-refractivity contribution in [3.63, 3.8) is 0 Å². The maximum absolute atomic E-state index is 13.0. The van der Waals surface area contributed by atoms with Crippen LogP contribution >= 0.6 is 0 Å². The van der Waals surface area contributed by atoms with E-state index in [9.17, 15) is 18.0 Å². The van der Waals surface area contributed by atoms with E-state index < -0.39 is 17.6 Å². The second kappa shape index (κ2) is 11.1. The molecule has 0 spiro atoms. The minimum Gasteiger partial charge on any atom is -0.368 e. The standard InChI is InChI=1S/C29H26F3N9O/c30-29(31,32)19-2-4-25-18(11-19)12-21(37-25)14-34-7-5-20-16-41(40-39-20)10-9-36-28-23-6-8-35-15-24(23)22-3-1-17(27(33)42)13-26(22)38-28/h1-4,6,8,11-13,15-16,34,37H,5,7,9-10,14H2,(H2,33,42)(H,36,38). The number of rotatable bonds is 10. The molecule has 0 aliphatic rings. The lowest BCUT2D eigenvalue weighted by Gasteiger charge is -2.12. The van der Waals surface area contributed by atoms with E-state index in [4.69, 9.17) is 10.7 Å². The Labute approximate surface area is 237 Å². The third kappa shape index (κ3) is 5.72. The van der Waals surface area contributed by atoms with E-state index >= 15 is 0 Å². The molecule has 1 amide bonds. The summed E-state index contributed by atoms with van der Waals surface area (Å²) in [6.07, 6.45) is 1.62. The number of nitrogens with two attached hydrogens (primary N) is 1. The van der Waals surface area contributed by atoms with E-state index in [0.717, 1.165) is 39.7 Å². The Morgan fingerprint density at radius 2 is 1.90 bits per heavy atom. The summed E-state index contributed by atoms with van der Waals surface area (Å²) in [5.41, 5.74) is 8.09. The van der Waals surface area contributed by atoms with Gasteiger partial charge in [0.2, 0.25) is 5.91 Å². The average Bonchev–Trinajstić information content (AvgIpc) is 3.60. The number of primary amides is 1. The van der Waals surface area contributed by atoms with Crippen LogP contribution in [0.25, 0.3) is 32.6 Å². The molecule has 0 fully saturated rings. The fraction of sp³-hybridized carbons (Fsp3) is 0.207. The summed E-state index contributed by atoms with van der Waals surface area (Å²) in [4.78, 5) is 23.8. The monoisotopic (exact) mass is 573 g/mol. The molecule has 4 aromatic heterocycles. The molecule has 42 heavy (non-hydrogen) atoms. The molecule has 4 heterocycles. The van der Waals surface area contributed by atoms with Gasteiger partial charge in [0.15, 0.2) is 0 Å². The zero-order valence-corrected chi connectivity index (χ0v) is 22.2. The van der Waals surface area contributed by atoms with Crippen LogP contribution in [-0.4, -0.2) is 48.9 Å². The summed E-state index contributed by atoms with van der Waals surface area (Å²) in [6.45, 7) is 2.18. The summed E-state index contributed by atoms with van der Waals surface area (Å²) in [5.74, 6) is 0.148. The van der Waals surface area contributed by atoms with Crippen LogP contribution in [0.3, 0.4) is 0 Å². The molecule has 0 radical (unpaired) electrons. The zero-order valence-electron chi connectivity index (χ0n) is 22.2. The van der Waals surface area contributed by atoms with Crippen LogP contribution in [0, 0.1) is 0 Å². The number of fused-ring (bicyclic) bond motifs is 4. The minimum absolute atomic E-state index is 0.384. The molecule has 0 aliphatic carbocycles. The topological polar surface area (TPSA) is 139 Å². The van der Waals surface area contributed by atoms with Crippen molar-refractivity contribution in [3.8, 4) is 0 Å². The number of hydrogen-bond donors (Lipinski definition) is 4. The van der Waals surface area contributed by atoms with Gasteiger partial charge in [0.25, 0.3) is 0 Å². The normalized spacial score (nSPS) is 12.0. The lowest BCUT2D eigenvalue weighted by molar-refractivity contribution is -0.137. The molecule has 10 nitrogen and oxygen atoms in total. The number of halogens is 3. The molecule has 6 aromatic rings. The molecule has 6 rings (SSSR count). The molecule has 0 unspecified atom stereocenters. The van der Waals surface area contributed by atoms with Gasteiger partial charge in [-0.15, -0.1) is 5.10 Å². The molecular weight excluding hydrogens is 547 g/mol. The molecule has 2 aromatic carbocycles. The molecule has 214 valence electrons. The van der Waals surface area contributed by atoms with Gasteiger partial charge in [0, 0.05) is 83.0 Å². The highest BCUT2D eigenvalue weighted by Gasteiger charge is 2.30. The predicted octanol–water partition coefficient (Wildman–Crippen LogP) is 4.42. The molecule has 0 bridgehead atoms. The summed E-state index contributed by atoms with van der Waals surface area (Å²) >= 11 is 0. The maximum atomic E-state index is 13.0. The van der Waals surface area contributed by atoms with E-state index in [1.807, 2.05) is 18.3 Å². The highest BCUT2D eigenvalue weighted by molar-refractivity contribution is 6.11. The van der Waals surface area contributed by atoms with Crippen molar-refractivity contribution < 1.29 is 18.0 Å². The van der Waals surface area contributed by atoms with Crippen molar-refractivity contribution in [1.82, 2.24) is 35.3 Å². The predicted molar refractivity (Wildman–Crippen MR) is 153 cm³/mol. The van der Waals surface area contributed by atoms with Gasteiger partial charge in [0.05, 0.1) is 23.3 Å². The average molecular weight is 574 g/mol. The molecule has 0 saturated heterocycles. The number of aromatic amines is 1. The number of aromatic nitrogens is 6. The number of pyridine rings is 2. The van der Waals surface area contributed by atoms with E-state index in [1.165, 1.54) is 6.07 Å². The molecular formula is C29H26F3N9O. The van der Waals surface area contributed by atoms with Crippen molar-refractivity contribution >= 4 is 44.3 Å². The van der Waals surface area contributed by atoms with Crippen LogP contribution in [0.4, 0.5) is 19.0 Å². The fourth-order valence-electron chi connectivity index (χ4n) is 4.89. The smallest absolute Gasteiger partial charge is 0.368 e. The first-order chi connectivity index (χ1) is 20.2. The van der Waals surface area contributed by atoms with Gasteiger partial charge in [-0.3, -0.25) is 14.5 Å². The van der Waals surface area contributed by atoms with Crippen LogP contribution in [0.5, 0.6) is 0 Å². The Morgan fingerprint density at radius 3 is 2.74 bits per heavy atom. The lowest BCUT2D eigenvalue weighted by Crippen LogP contribution is -2.17. The number of carbonyl (C=O) groups is 1. The summed E-state index contributed by atoms with van der Waals surface area (Å²) in [6, 6.07) is 12.5. The summed E-state index contributed by atoms with van der Waals surface area (Å²) in [7, 11) is 0. The van der Waals surface area contributed by atoms with E-state index in [-0.39, 0.29) is 0 Å². The molecule has 0 atom stereocenters. The van der Waals surface area contributed by atoms with Crippen molar-refractivity contribution in [3.05, 3.63) is 89.6 Å². The number of carbonyl (C=O) groups excluding carboxylic acids is 1. The first-order valence-electron chi connectivity index (χ1n) is 13.2. The first-order valence-corrected chi connectivity index (χ1v) is 13.2. The van der Waals surface area contributed by atoms with Crippen LogP contribution in [0.2, 0.25) is 0 Å². The third-order valence-corrected chi connectivity index (χ3v) is 6.98.